The number of nitrogens with zero attached hydrogens (tertiary/aromatic N) is 1. The van der Waals surface area contributed by atoms with E-state index < -0.39 is 5.54 Å². The molecule has 0 bridgehead atoms. The van der Waals surface area contributed by atoms with E-state index in [1.54, 1.807) is 36.4 Å². The molecule has 2 aromatic carbocycles. The van der Waals surface area contributed by atoms with Crippen molar-refractivity contribution < 1.29 is 9.59 Å². The van der Waals surface area contributed by atoms with Crippen LogP contribution >= 0.6 is 11.6 Å². The largest absolute Gasteiger partial charge is 0.274 e. The first-order chi connectivity index (χ1) is 12.2. The minimum Gasteiger partial charge on any atom is -0.267 e. The van der Waals surface area contributed by atoms with Gasteiger partial charge < -0.3 is 0 Å². The third-order valence-electron chi connectivity index (χ3n) is 3.95. The first-order valence-corrected chi connectivity index (χ1v) is 9.11. The number of carbonyl (C=O) groups is 2. The number of rotatable bonds is 4. The maximum Gasteiger partial charge on any atom is 0.274 e. The average Bonchev–Trinajstić information content (AvgIpc) is 2.59. The summed E-state index contributed by atoms with van der Waals surface area (Å²) in [5.74, 6) is -0.678. The first kappa shape index (κ1) is 20.0. The molecule has 2 amide bonds. The molecule has 0 aliphatic rings. The van der Waals surface area contributed by atoms with Gasteiger partial charge in [0.25, 0.3) is 11.8 Å². The second-order valence-electron chi connectivity index (χ2n) is 7.18. The van der Waals surface area contributed by atoms with Gasteiger partial charge in [0.1, 0.15) is 0 Å². The Bertz CT molecular complexity index is 779. The Morgan fingerprint density at radius 2 is 1.65 bits per heavy atom. The molecule has 4 nitrogen and oxygen atoms in total. The molecular formula is C21H25ClN2O2. The fraction of sp³-hybridized carbons (Fsp3) is 0.333. The number of hydrogen-bond acceptors (Lipinski definition) is 2. The van der Waals surface area contributed by atoms with Crippen LogP contribution in [-0.2, 0) is 6.42 Å². The maximum absolute atomic E-state index is 12.9. The number of amides is 2. The van der Waals surface area contributed by atoms with E-state index in [4.69, 9.17) is 11.6 Å². The van der Waals surface area contributed by atoms with Crippen molar-refractivity contribution in [1.29, 1.82) is 0 Å². The second kappa shape index (κ2) is 8.37. The van der Waals surface area contributed by atoms with Crippen LogP contribution in [0, 0.1) is 0 Å². The number of carbonyl (C=O) groups excluding carboxylic acids is 2. The number of halogens is 1. The standard InChI is InChI=1S/C21H25ClN2O2/c1-5-8-15-11-13-16(14-12-15)19(25)23-24(21(2,3)4)20(26)17-9-6-7-10-18(17)22/h6-7,9-14H,5,8H2,1-4H3,(H,23,25). The van der Waals surface area contributed by atoms with Gasteiger partial charge in [-0.25, -0.2) is 5.01 Å². The molecular weight excluding hydrogens is 348 g/mol. The minimum absolute atomic E-state index is 0.330. The molecule has 0 heterocycles. The van der Waals surface area contributed by atoms with Crippen LogP contribution in [0.4, 0.5) is 0 Å². The molecule has 0 spiro atoms. The summed E-state index contributed by atoms with van der Waals surface area (Å²) in [6.07, 6.45) is 2.02. The van der Waals surface area contributed by atoms with Crippen molar-refractivity contribution in [2.24, 2.45) is 0 Å². The van der Waals surface area contributed by atoms with Crippen LogP contribution in [0.2, 0.25) is 5.02 Å². The highest BCUT2D eigenvalue weighted by atomic mass is 35.5. The molecule has 2 aromatic rings. The van der Waals surface area contributed by atoms with Crippen LogP contribution in [0.3, 0.4) is 0 Å². The van der Waals surface area contributed by atoms with Gasteiger partial charge in [-0.2, -0.15) is 0 Å². The molecule has 0 radical (unpaired) electrons. The summed E-state index contributed by atoms with van der Waals surface area (Å²) in [5.41, 5.74) is 4.16. The Kier molecular flexibility index (Phi) is 6.43. The molecule has 5 heteroatoms. The van der Waals surface area contributed by atoms with Gasteiger partial charge >= 0.3 is 0 Å². The van der Waals surface area contributed by atoms with Crippen LogP contribution in [-0.4, -0.2) is 22.4 Å². The van der Waals surface area contributed by atoms with Gasteiger partial charge in [0.05, 0.1) is 16.1 Å². The van der Waals surface area contributed by atoms with Crippen LogP contribution < -0.4 is 5.43 Å². The summed E-state index contributed by atoms with van der Waals surface area (Å²) in [7, 11) is 0. The van der Waals surface area contributed by atoms with Gasteiger partial charge in [-0.3, -0.25) is 15.0 Å². The van der Waals surface area contributed by atoms with E-state index in [0.717, 1.165) is 12.8 Å². The number of hydrazine groups is 1. The Morgan fingerprint density at radius 1 is 1.04 bits per heavy atom. The van der Waals surface area contributed by atoms with E-state index in [2.05, 4.69) is 12.3 Å². The van der Waals surface area contributed by atoms with E-state index in [1.165, 1.54) is 10.6 Å². The van der Waals surface area contributed by atoms with E-state index in [1.807, 2.05) is 32.9 Å². The maximum atomic E-state index is 12.9. The average molecular weight is 373 g/mol. The molecule has 0 atom stereocenters. The fourth-order valence-corrected chi connectivity index (χ4v) is 2.77. The molecule has 1 N–H and O–H groups in total. The van der Waals surface area contributed by atoms with Gasteiger partial charge in [0.2, 0.25) is 0 Å². The summed E-state index contributed by atoms with van der Waals surface area (Å²) in [6.45, 7) is 7.67. The first-order valence-electron chi connectivity index (χ1n) is 8.73. The molecule has 26 heavy (non-hydrogen) atoms. The van der Waals surface area contributed by atoms with Crippen LogP contribution in [0.25, 0.3) is 0 Å². The lowest BCUT2D eigenvalue weighted by Gasteiger charge is -2.35. The summed E-state index contributed by atoms with van der Waals surface area (Å²) in [4.78, 5) is 25.6. The van der Waals surface area contributed by atoms with Crippen molar-refractivity contribution in [1.82, 2.24) is 10.4 Å². The third-order valence-corrected chi connectivity index (χ3v) is 4.28. The lowest BCUT2D eigenvalue weighted by molar-refractivity contribution is 0.0359. The highest BCUT2D eigenvalue weighted by molar-refractivity contribution is 6.33. The molecule has 0 unspecified atom stereocenters. The zero-order chi connectivity index (χ0) is 19.3. The minimum atomic E-state index is -0.617. The van der Waals surface area contributed by atoms with Crippen molar-refractivity contribution >= 4 is 23.4 Å². The Labute approximate surface area is 160 Å². The molecule has 2 rings (SSSR count). The van der Waals surface area contributed by atoms with Crippen molar-refractivity contribution in [3.63, 3.8) is 0 Å². The molecule has 138 valence electrons. The van der Waals surface area contributed by atoms with E-state index in [0.29, 0.717) is 16.1 Å². The highest BCUT2D eigenvalue weighted by Gasteiger charge is 2.30. The lowest BCUT2D eigenvalue weighted by Crippen LogP contribution is -2.55. The number of hydrogen-bond donors (Lipinski definition) is 1. The summed E-state index contributed by atoms with van der Waals surface area (Å²) >= 11 is 6.15. The van der Waals surface area contributed by atoms with Crippen molar-refractivity contribution in [2.75, 3.05) is 0 Å². The zero-order valence-electron chi connectivity index (χ0n) is 15.7. The van der Waals surface area contributed by atoms with Crippen LogP contribution in [0.5, 0.6) is 0 Å². The van der Waals surface area contributed by atoms with Gasteiger partial charge in [-0.1, -0.05) is 49.2 Å². The summed E-state index contributed by atoms with van der Waals surface area (Å²) in [6, 6.07) is 14.2. The normalized spacial score (nSPS) is 11.1. The van der Waals surface area contributed by atoms with Gasteiger partial charge in [0.15, 0.2) is 0 Å². The lowest BCUT2D eigenvalue weighted by atomic mass is 10.1. The van der Waals surface area contributed by atoms with E-state index in [9.17, 15) is 9.59 Å². The molecule has 0 aliphatic carbocycles. The third kappa shape index (κ3) is 4.85. The van der Waals surface area contributed by atoms with Crippen molar-refractivity contribution in [3.8, 4) is 0 Å². The highest BCUT2D eigenvalue weighted by Crippen LogP contribution is 2.21. The van der Waals surface area contributed by atoms with Crippen LogP contribution in [0.15, 0.2) is 48.5 Å². The van der Waals surface area contributed by atoms with Crippen LogP contribution in [0.1, 0.15) is 60.4 Å². The molecule has 0 aliphatic heterocycles. The Hall–Kier alpha value is -2.33. The molecule has 0 fully saturated rings. The molecule has 0 aromatic heterocycles. The van der Waals surface area contributed by atoms with Gasteiger partial charge in [-0.15, -0.1) is 0 Å². The Balaban J connectivity index is 2.24. The number of nitrogens with one attached hydrogen (secondary N) is 1. The zero-order valence-corrected chi connectivity index (χ0v) is 16.4. The van der Waals surface area contributed by atoms with Gasteiger partial charge in [-0.05, 0) is 57.0 Å². The Morgan fingerprint density at radius 3 is 2.19 bits per heavy atom. The quantitative estimate of drug-likeness (QED) is 0.777. The SMILES string of the molecule is CCCc1ccc(C(=O)NN(C(=O)c2ccccc2Cl)C(C)(C)C)cc1. The molecule has 0 saturated carbocycles. The van der Waals surface area contributed by atoms with Crippen molar-refractivity contribution in [2.45, 2.75) is 46.1 Å². The predicted molar refractivity (Wildman–Crippen MR) is 105 cm³/mol. The van der Waals surface area contributed by atoms with E-state index in [-0.39, 0.29) is 11.8 Å². The monoisotopic (exact) mass is 372 g/mol. The van der Waals surface area contributed by atoms with Gasteiger partial charge in [0, 0.05) is 5.56 Å². The topological polar surface area (TPSA) is 49.4 Å². The molecule has 0 saturated heterocycles. The predicted octanol–water partition coefficient (Wildman–Crippen LogP) is 4.88. The van der Waals surface area contributed by atoms with Crippen molar-refractivity contribution in [3.05, 3.63) is 70.2 Å². The summed E-state index contributed by atoms with van der Waals surface area (Å²) in [5, 5.41) is 1.68. The summed E-state index contributed by atoms with van der Waals surface area (Å²) < 4.78 is 0. The van der Waals surface area contributed by atoms with E-state index >= 15 is 0 Å². The number of aryl methyl sites for hydroxylation is 1. The smallest absolute Gasteiger partial charge is 0.267 e. The fourth-order valence-electron chi connectivity index (χ4n) is 2.56. The second-order valence-corrected chi connectivity index (χ2v) is 7.59. The number of benzene rings is 2.